The molecule has 0 radical (unpaired) electrons. The van der Waals surface area contributed by atoms with Gasteiger partial charge in [-0.3, -0.25) is 4.90 Å². The molecule has 2 heteroatoms. The van der Waals surface area contributed by atoms with Crippen molar-refractivity contribution in [1.82, 2.24) is 9.47 Å². The van der Waals surface area contributed by atoms with E-state index < -0.39 is 0 Å². The topological polar surface area (TPSA) is 8.17 Å². The van der Waals surface area contributed by atoms with Gasteiger partial charge in [-0.05, 0) is 56.3 Å². The summed E-state index contributed by atoms with van der Waals surface area (Å²) >= 11 is 0. The molecule has 1 aromatic heterocycles. The molecule has 2 nitrogen and oxygen atoms in total. The molecule has 25 heavy (non-hydrogen) atoms. The minimum Gasteiger partial charge on any atom is -0.338 e. The van der Waals surface area contributed by atoms with E-state index >= 15 is 0 Å². The van der Waals surface area contributed by atoms with Gasteiger partial charge in [0.2, 0.25) is 0 Å². The number of nitrogens with zero attached hydrogens (tertiary/aromatic N) is 2. The molecule has 0 aliphatic carbocycles. The van der Waals surface area contributed by atoms with Crippen LogP contribution < -0.4 is 0 Å². The maximum absolute atomic E-state index is 2.75. The van der Waals surface area contributed by atoms with Gasteiger partial charge in [-0.2, -0.15) is 0 Å². The molecule has 5 rings (SSSR count). The minimum absolute atomic E-state index is 0.194. The number of fused-ring (bicyclic) bond motifs is 5. The molecule has 1 saturated heterocycles. The van der Waals surface area contributed by atoms with Crippen LogP contribution in [-0.4, -0.2) is 22.6 Å². The molecule has 0 bridgehead atoms. The Morgan fingerprint density at radius 2 is 1.72 bits per heavy atom. The fraction of sp³-hybridized carbons (Fsp3) is 0.391. The van der Waals surface area contributed by atoms with Crippen molar-refractivity contribution >= 4 is 10.9 Å². The summed E-state index contributed by atoms with van der Waals surface area (Å²) in [6, 6.07) is 20.0. The first kappa shape index (κ1) is 15.2. The third-order valence-corrected chi connectivity index (χ3v) is 6.44. The van der Waals surface area contributed by atoms with Crippen molar-refractivity contribution in [1.29, 1.82) is 0 Å². The molecule has 1 atom stereocenters. The van der Waals surface area contributed by atoms with Gasteiger partial charge in [-0.1, -0.05) is 48.5 Å². The molecule has 3 heterocycles. The lowest BCUT2D eigenvalue weighted by Crippen LogP contribution is -2.52. The van der Waals surface area contributed by atoms with Crippen molar-refractivity contribution in [2.24, 2.45) is 0 Å². The van der Waals surface area contributed by atoms with Gasteiger partial charge in [0.05, 0.1) is 5.54 Å². The largest absolute Gasteiger partial charge is 0.338 e. The third kappa shape index (κ3) is 2.27. The molecule has 0 amide bonds. The number of benzene rings is 2. The van der Waals surface area contributed by atoms with Crippen molar-refractivity contribution < 1.29 is 0 Å². The summed E-state index contributed by atoms with van der Waals surface area (Å²) in [7, 11) is 0. The molecule has 128 valence electrons. The van der Waals surface area contributed by atoms with E-state index in [2.05, 4.69) is 71.0 Å². The van der Waals surface area contributed by atoms with Gasteiger partial charge in [-0.25, -0.2) is 0 Å². The van der Waals surface area contributed by atoms with Gasteiger partial charge in [0.1, 0.15) is 0 Å². The zero-order chi connectivity index (χ0) is 16.9. The fourth-order valence-electron chi connectivity index (χ4n) is 5.22. The average Bonchev–Trinajstić information content (AvgIpc) is 2.97. The van der Waals surface area contributed by atoms with Gasteiger partial charge in [0, 0.05) is 29.7 Å². The molecule has 1 fully saturated rings. The Morgan fingerprint density at radius 3 is 2.60 bits per heavy atom. The molecule has 3 aromatic rings. The van der Waals surface area contributed by atoms with E-state index in [-0.39, 0.29) is 5.54 Å². The van der Waals surface area contributed by atoms with Crippen LogP contribution in [0, 0.1) is 0 Å². The Morgan fingerprint density at radius 1 is 0.920 bits per heavy atom. The van der Waals surface area contributed by atoms with Crippen molar-refractivity contribution in [3.05, 3.63) is 71.4 Å². The highest BCUT2D eigenvalue weighted by Crippen LogP contribution is 2.45. The summed E-state index contributed by atoms with van der Waals surface area (Å²) < 4.78 is 2.62. The first-order chi connectivity index (χ1) is 12.3. The Kier molecular flexibility index (Phi) is 3.49. The highest BCUT2D eigenvalue weighted by molar-refractivity contribution is 5.86. The lowest BCUT2D eigenvalue weighted by molar-refractivity contribution is 0.0431. The van der Waals surface area contributed by atoms with Crippen LogP contribution in [0.3, 0.4) is 0 Å². The number of hydrogen-bond donors (Lipinski definition) is 0. The van der Waals surface area contributed by atoms with Crippen LogP contribution in [0.1, 0.15) is 43.0 Å². The lowest BCUT2D eigenvalue weighted by atomic mass is 9.79. The molecule has 2 aliphatic heterocycles. The summed E-state index contributed by atoms with van der Waals surface area (Å²) in [6.45, 7) is 5.93. The van der Waals surface area contributed by atoms with E-state index in [1.54, 1.807) is 11.3 Å². The van der Waals surface area contributed by atoms with E-state index in [1.165, 1.54) is 55.2 Å². The third-order valence-electron chi connectivity index (χ3n) is 6.44. The monoisotopic (exact) mass is 330 g/mol. The highest BCUT2D eigenvalue weighted by atomic mass is 15.2. The van der Waals surface area contributed by atoms with Crippen molar-refractivity contribution in [2.45, 2.75) is 44.7 Å². The van der Waals surface area contributed by atoms with Crippen LogP contribution in [0.5, 0.6) is 0 Å². The quantitative estimate of drug-likeness (QED) is 0.645. The van der Waals surface area contributed by atoms with Crippen LogP contribution in [0.2, 0.25) is 0 Å². The van der Waals surface area contributed by atoms with Crippen molar-refractivity contribution in [3.63, 3.8) is 0 Å². The maximum atomic E-state index is 2.75. The zero-order valence-electron chi connectivity index (χ0n) is 15.0. The Balaban J connectivity index is 1.75. The first-order valence-corrected chi connectivity index (χ1v) is 9.67. The molecule has 0 N–H and O–H groups in total. The van der Waals surface area contributed by atoms with E-state index in [0.717, 1.165) is 6.54 Å². The predicted octanol–water partition coefficient (Wildman–Crippen LogP) is 4.95. The summed E-state index contributed by atoms with van der Waals surface area (Å²) in [5.41, 5.74) is 6.18. The number of aromatic nitrogens is 1. The molecule has 0 saturated carbocycles. The minimum atomic E-state index is 0.194. The standard InChI is InChI=1S/C23H26N2/c1-23-14-7-8-15-24(23)16-13-20-19-11-5-6-12-21(19)25(22(20)23)17-18-9-3-2-4-10-18/h2-6,9-12H,7-8,13-17H2,1H3/t23-/m0/s1. The zero-order valence-corrected chi connectivity index (χ0v) is 15.0. The number of piperidine rings is 1. The molecule has 0 spiro atoms. The molecule has 2 aromatic carbocycles. The SMILES string of the molecule is C[C@@]12CCCCN1CCc1c2n(Cc2ccccc2)c2ccccc12. The van der Waals surface area contributed by atoms with Crippen LogP contribution in [0.4, 0.5) is 0 Å². The Hall–Kier alpha value is -2.06. The number of rotatable bonds is 2. The van der Waals surface area contributed by atoms with E-state index in [0.29, 0.717) is 0 Å². The molecular weight excluding hydrogens is 304 g/mol. The summed E-state index contributed by atoms with van der Waals surface area (Å²) in [4.78, 5) is 2.75. The van der Waals surface area contributed by atoms with Gasteiger partial charge in [0.25, 0.3) is 0 Å². The number of hydrogen-bond acceptors (Lipinski definition) is 1. The highest BCUT2D eigenvalue weighted by Gasteiger charge is 2.43. The van der Waals surface area contributed by atoms with Gasteiger partial charge in [0.15, 0.2) is 0 Å². The normalized spacial score (nSPS) is 23.4. The Bertz CT molecular complexity index is 908. The van der Waals surface area contributed by atoms with Crippen LogP contribution in [-0.2, 0) is 18.5 Å². The van der Waals surface area contributed by atoms with Crippen LogP contribution >= 0.6 is 0 Å². The average molecular weight is 330 g/mol. The molecule has 0 unspecified atom stereocenters. The van der Waals surface area contributed by atoms with Crippen LogP contribution in [0.25, 0.3) is 10.9 Å². The summed E-state index contributed by atoms with van der Waals surface area (Å²) in [5.74, 6) is 0. The second kappa shape index (κ2) is 5.74. The summed E-state index contributed by atoms with van der Waals surface area (Å²) in [5, 5.41) is 1.47. The van der Waals surface area contributed by atoms with Crippen LogP contribution in [0.15, 0.2) is 54.6 Å². The predicted molar refractivity (Wildman–Crippen MR) is 104 cm³/mol. The van der Waals surface area contributed by atoms with Gasteiger partial charge >= 0.3 is 0 Å². The fourth-order valence-corrected chi connectivity index (χ4v) is 5.22. The molecular formula is C23H26N2. The summed E-state index contributed by atoms with van der Waals surface area (Å²) in [6.07, 6.45) is 5.17. The van der Waals surface area contributed by atoms with Crippen molar-refractivity contribution in [2.75, 3.05) is 13.1 Å². The number of para-hydroxylation sites is 1. The Labute approximate surface area is 150 Å². The van der Waals surface area contributed by atoms with E-state index in [9.17, 15) is 0 Å². The second-order valence-electron chi connectivity index (χ2n) is 7.88. The first-order valence-electron chi connectivity index (χ1n) is 9.67. The maximum Gasteiger partial charge on any atom is 0.0588 e. The second-order valence-corrected chi connectivity index (χ2v) is 7.88. The molecule has 2 aliphatic rings. The van der Waals surface area contributed by atoms with E-state index in [4.69, 9.17) is 0 Å². The van der Waals surface area contributed by atoms with Gasteiger partial charge < -0.3 is 4.57 Å². The van der Waals surface area contributed by atoms with Crippen molar-refractivity contribution in [3.8, 4) is 0 Å². The smallest absolute Gasteiger partial charge is 0.0588 e. The van der Waals surface area contributed by atoms with E-state index in [1.807, 2.05) is 0 Å². The lowest BCUT2D eigenvalue weighted by Gasteiger charge is -2.49. The van der Waals surface area contributed by atoms with Gasteiger partial charge in [-0.15, -0.1) is 0 Å².